The van der Waals surface area contributed by atoms with Gasteiger partial charge < -0.3 is 14.2 Å². The highest BCUT2D eigenvalue weighted by Crippen LogP contribution is 2.19. The molecule has 0 spiro atoms. The Bertz CT molecular complexity index is 518. The molecule has 8 heteroatoms. The number of esters is 2. The van der Waals surface area contributed by atoms with E-state index in [1.54, 1.807) is 0 Å². The molecule has 0 atom stereocenters. The molecular weight excluding hydrogens is 266 g/mol. The topological polar surface area (TPSA) is 111 Å². The zero-order valence-electron chi connectivity index (χ0n) is 11.0. The average Bonchev–Trinajstić information content (AvgIpc) is 2.49. The lowest BCUT2D eigenvalue weighted by Crippen LogP contribution is -2.08. The number of rotatable bonds is 6. The maximum Gasteiger partial charge on any atom is 0.338 e. The van der Waals surface area contributed by atoms with Crippen molar-refractivity contribution in [3.63, 3.8) is 0 Å². The van der Waals surface area contributed by atoms with Crippen molar-refractivity contribution in [3.8, 4) is 5.75 Å². The van der Waals surface area contributed by atoms with E-state index in [9.17, 15) is 9.59 Å². The molecule has 0 aliphatic rings. The lowest BCUT2D eigenvalue weighted by atomic mass is 10.1. The quantitative estimate of drug-likeness (QED) is 0.260. The maximum absolute atomic E-state index is 11.5. The fourth-order valence-electron chi connectivity index (χ4n) is 1.40. The number of benzene rings is 1. The van der Waals surface area contributed by atoms with Gasteiger partial charge in [0.25, 0.3) is 0 Å². The molecule has 8 nitrogen and oxygen atoms in total. The van der Waals surface area contributed by atoms with Gasteiger partial charge in [0.1, 0.15) is 5.75 Å². The van der Waals surface area contributed by atoms with Crippen LogP contribution in [0, 0.1) is 0 Å². The molecule has 1 aromatic carbocycles. The summed E-state index contributed by atoms with van der Waals surface area (Å²) in [5, 5.41) is 3.31. The second-order valence-electron chi connectivity index (χ2n) is 3.53. The normalized spacial score (nSPS) is 9.30. The fourth-order valence-corrected chi connectivity index (χ4v) is 1.40. The minimum Gasteiger partial charge on any atom is -0.493 e. The fraction of sp³-hybridized carbons (Fsp3) is 0.333. The molecule has 1 aromatic rings. The molecular formula is C12H13N3O5. The zero-order chi connectivity index (χ0) is 15.0. The molecule has 0 unspecified atom stereocenters. The van der Waals surface area contributed by atoms with Gasteiger partial charge in [0.05, 0.1) is 38.5 Å². The highest BCUT2D eigenvalue weighted by atomic mass is 16.5. The molecule has 0 bridgehead atoms. The molecule has 20 heavy (non-hydrogen) atoms. The molecule has 1 rings (SSSR count). The number of hydrogen-bond acceptors (Lipinski definition) is 6. The molecule has 0 heterocycles. The van der Waals surface area contributed by atoms with Gasteiger partial charge in [-0.2, -0.15) is 0 Å². The van der Waals surface area contributed by atoms with E-state index in [1.807, 2.05) is 0 Å². The average molecular weight is 279 g/mol. The Kier molecular flexibility index (Phi) is 5.86. The molecule has 0 radical (unpaired) electrons. The van der Waals surface area contributed by atoms with Crippen molar-refractivity contribution in [1.82, 2.24) is 0 Å². The van der Waals surface area contributed by atoms with Crippen LogP contribution in [0.2, 0.25) is 0 Å². The van der Waals surface area contributed by atoms with Crippen molar-refractivity contribution in [3.05, 3.63) is 39.8 Å². The van der Waals surface area contributed by atoms with Crippen molar-refractivity contribution in [2.24, 2.45) is 5.11 Å². The summed E-state index contributed by atoms with van der Waals surface area (Å²) in [7, 11) is 2.46. The number of methoxy groups -OCH3 is 2. The number of ether oxygens (including phenoxy) is 3. The Morgan fingerprint density at radius 2 is 1.70 bits per heavy atom. The van der Waals surface area contributed by atoms with Gasteiger partial charge in [0.15, 0.2) is 0 Å². The molecule has 0 aliphatic carbocycles. The number of carbonyl (C=O) groups excluding carboxylic acids is 2. The van der Waals surface area contributed by atoms with Crippen LogP contribution >= 0.6 is 0 Å². The van der Waals surface area contributed by atoms with Crippen molar-refractivity contribution < 1.29 is 23.8 Å². The summed E-state index contributed by atoms with van der Waals surface area (Å²) in [4.78, 5) is 25.6. The highest BCUT2D eigenvalue weighted by Gasteiger charge is 2.14. The van der Waals surface area contributed by atoms with E-state index < -0.39 is 11.9 Å². The Morgan fingerprint density at radius 1 is 1.15 bits per heavy atom. The van der Waals surface area contributed by atoms with Gasteiger partial charge >= 0.3 is 11.9 Å². The van der Waals surface area contributed by atoms with Gasteiger partial charge in [-0.3, -0.25) is 0 Å². The lowest BCUT2D eigenvalue weighted by molar-refractivity contribution is 0.0598. The highest BCUT2D eigenvalue weighted by molar-refractivity contribution is 5.96. The molecule has 0 aliphatic heterocycles. The molecule has 0 saturated carbocycles. The number of hydrogen-bond donors (Lipinski definition) is 0. The second-order valence-corrected chi connectivity index (χ2v) is 3.53. The third-order valence-corrected chi connectivity index (χ3v) is 2.27. The van der Waals surface area contributed by atoms with Crippen LogP contribution in [0.4, 0.5) is 0 Å². The van der Waals surface area contributed by atoms with Crippen LogP contribution in [0.5, 0.6) is 5.75 Å². The number of nitrogens with zero attached hydrogens (tertiary/aromatic N) is 3. The van der Waals surface area contributed by atoms with E-state index in [4.69, 9.17) is 10.3 Å². The summed E-state index contributed by atoms with van der Waals surface area (Å²) in [6.45, 7) is 0.252. The Labute approximate surface area is 114 Å². The molecule has 0 aromatic heterocycles. The van der Waals surface area contributed by atoms with E-state index in [-0.39, 0.29) is 30.0 Å². The van der Waals surface area contributed by atoms with Gasteiger partial charge in [-0.1, -0.05) is 5.11 Å². The molecule has 0 fully saturated rings. The summed E-state index contributed by atoms with van der Waals surface area (Å²) in [6.07, 6.45) is 0. The second kappa shape index (κ2) is 7.65. The summed E-state index contributed by atoms with van der Waals surface area (Å²) in [6, 6.07) is 4.20. The third kappa shape index (κ3) is 4.18. The molecule has 0 N–H and O–H groups in total. The van der Waals surface area contributed by atoms with Gasteiger partial charge in [0, 0.05) is 4.91 Å². The van der Waals surface area contributed by atoms with Gasteiger partial charge in [-0.15, -0.1) is 0 Å². The van der Waals surface area contributed by atoms with E-state index in [0.29, 0.717) is 0 Å². The van der Waals surface area contributed by atoms with E-state index in [2.05, 4.69) is 19.5 Å². The van der Waals surface area contributed by atoms with E-state index in [1.165, 1.54) is 32.4 Å². The van der Waals surface area contributed by atoms with Crippen molar-refractivity contribution in [2.75, 3.05) is 27.4 Å². The SMILES string of the molecule is COC(=O)c1cc(OCCN=[N+]=[N-])cc(C(=O)OC)c1. The Balaban J connectivity index is 3.00. The van der Waals surface area contributed by atoms with Gasteiger partial charge in [0.2, 0.25) is 0 Å². The lowest BCUT2D eigenvalue weighted by Gasteiger charge is -2.08. The first-order valence-electron chi connectivity index (χ1n) is 5.57. The van der Waals surface area contributed by atoms with Gasteiger partial charge in [-0.25, -0.2) is 9.59 Å². The molecule has 0 saturated heterocycles. The first kappa shape index (κ1) is 15.3. The maximum atomic E-state index is 11.5. The van der Waals surface area contributed by atoms with Crippen LogP contribution < -0.4 is 4.74 Å². The van der Waals surface area contributed by atoms with E-state index in [0.717, 1.165) is 0 Å². The first-order valence-corrected chi connectivity index (χ1v) is 5.57. The third-order valence-electron chi connectivity index (χ3n) is 2.27. The Morgan fingerprint density at radius 3 is 2.15 bits per heavy atom. The van der Waals surface area contributed by atoms with Crippen LogP contribution in [0.25, 0.3) is 10.4 Å². The van der Waals surface area contributed by atoms with Crippen molar-refractivity contribution in [1.29, 1.82) is 0 Å². The monoisotopic (exact) mass is 279 g/mol. The van der Waals surface area contributed by atoms with Crippen molar-refractivity contribution in [2.45, 2.75) is 0 Å². The molecule has 0 amide bonds. The van der Waals surface area contributed by atoms with Crippen molar-refractivity contribution >= 4 is 11.9 Å². The van der Waals surface area contributed by atoms with Crippen LogP contribution in [0.3, 0.4) is 0 Å². The smallest absolute Gasteiger partial charge is 0.338 e. The van der Waals surface area contributed by atoms with Crippen LogP contribution in [0.15, 0.2) is 23.3 Å². The summed E-state index contributed by atoms with van der Waals surface area (Å²) < 4.78 is 14.5. The predicted molar refractivity (Wildman–Crippen MR) is 68.6 cm³/mol. The van der Waals surface area contributed by atoms with Crippen LogP contribution in [-0.4, -0.2) is 39.3 Å². The number of azide groups is 1. The standard InChI is InChI=1S/C12H13N3O5/c1-18-11(16)8-5-9(12(17)19-2)7-10(6-8)20-4-3-14-15-13/h5-7H,3-4H2,1-2H3. The number of carbonyl (C=O) groups is 2. The largest absolute Gasteiger partial charge is 0.493 e. The summed E-state index contributed by atoms with van der Waals surface area (Å²) in [5.41, 5.74) is 8.46. The van der Waals surface area contributed by atoms with Crippen LogP contribution in [-0.2, 0) is 9.47 Å². The minimum absolute atomic E-state index is 0.120. The van der Waals surface area contributed by atoms with Gasteiger partial charge in [-0.05, 0) is 23.7 Å². The minimum atomic E-state index is -0.601. The predicted octanol–water partition coefficient (Wildman–Crippen LogP) is 1.95. The summed E-state index contributed by atoms with van der Waals surface area (Å²) in [5.74, 6) is -0.923. The van der Waals surface area contributed by atoms with E-state index >= 15 is 0 Å². The first-order chi connectivity index (χ1) is 9.62. The molecule has 106 valence electrons. The Hall–Kier alpha value is -2.73. The summed E-state index contributed by atoms with van der Waals surface area (Å²) >= 11 is 0. The zero-order valence-corrected chi connectivity index (χ0v) is 11.0. The van der Waals surface area contributed by atoms with Crippen LogP contribution in [0.1, 0.15) is 20.7 Å².